The zero-order chi connectivity index (χ0) is 30.3. The number of ketones is 1. The first-order chi connectivity index (χ1) is 20.2. The molecule has 3 aromatic carbocycles. The molecule has 3 nitrogen and oxygen atoms in total. The number of allylic oxidation sites excluding steroid dienone is 1. The van der Waals surface area contributed by atoms with E-state index in [2.05, 4.69) is 108 Å². The molecule has 3 aromatic rings. The fourth-order valence-electron chi connectivity index (χ4n) is 6.13. The van der Waals surface area contributed by atoms with Crippen molar-refractivity contribution < 1.29 is 4.79 Å². The second kappa shape index (κ2) is 14.1. The number of aryl methyl sites for hydroxylation is 4. The Hall–Kier alpha value is -3.56. The Morgan fingerprint density at radius 3 is 2.45 bits per heavy atom. The van der Waals surface area contributed by atoms with Gasteiger partial charge >= 0.3 is 0 Å². The van der Waals surface area contributed by atoms with Crippen LogP contribution in [0.4, 0.5) is 0 Å². The van der Waals surface area contributed by atoms with Crippen LogP contribution in [0.1, 0.15) is 97.9 Å². The maximum atomic E-state index is 13.2. The minimum atomic E-state index is -0.595. The van der Waals surface area contributed by atoms with E-state index in [0.717, 1.165) is 65.5 Å². The Bertz CT molecular complexity index is 1510. The Morgan fingerprint density at radius 1 is 1.00 bits per heavy atom. The summed E-state index contributed by atoms with van der Waals surface area (Å²) in [7, 11) is 2.04. The van der Waals surface area contributed by atoms with Gasteiger partial charge in [0, 0.05) is 18.8 Å². The van der Waals surface area contributed by atoms with E-state index < -0.39 is 5.54 Å². The molecule has 1 aliphatic carbocycles. The lowest BCUT2D eigenvalue weighted by Crippen LogP contribution is -2.42. The number of nitrogens with one attached hydrogen (secondary N) is 1. The molecule has 220 valence electrons. The van der Waals surface area contributed by atoms with Crippen molar-refractivity contribution in [2.24, 2.45) is 10.9 Å². The first-order valence-corrected chi connectivity index (χ1v) is 15.6. The van der Waals surface area contributed by atoms with Crippen molar-refractivity contribution >= 4 is 17.6 Å². The number of aliphatic imine (C=N–C) groups is 1. The molecule has 1 atom stereocenters. The van der Waals surface area contributed by atoms with E-state index in [-0.39, 0.29) is 5.78 Å². The summed E-state index contributed by atoms with van der Waals surface area (Å²) in [5.41, 5.74) is 11.2. The third-order valence-electron chi connectivity index (χ3n) is 8.59. The van der Waals surface area contributed by atoms with Crippen LogP contribution in [0, 0.1) is 19.8 Å². The summed E-state index contributed by atoms with van der Waals surface area (Å²) in [5.74, 6) is 0.555. The largest absolute Gasteiger partial charge is 0.303 e. The summed E-state index contributed by atoms with van der Waals surface area (Å²) < 4.78 is 0. The van der Waals surface area contributed by atoms with E-state index in [1.165, 1.54) is 22.3 Å². The van der Waals surface area contributed by atoms with E-state index in [1.807, 2.05) is 25.5 Å². The molecule has 1 unspecified atom stereocenters. The summed E-state index contributed by atoms with van der Waals surface area (Å²) in [4.78, 5) is 18.0. The summed E-state index contributed by atoms with van der Waals surface area (Å²) in [5, 5.41) is 3.75. The van der Waals surface area contributed by atoms with Gasteiger partial charge < -0.3 is 5.32 Å². The van der Waals surface area contributed by atoms with Gasteiger partial charge in [0.2, 0.25) is 0 Å². The van der Waals surface area contributed by atoms with Gasteiger partial charge in [-0.2, -0.15) is 0 Å². The van der Waals surface area contributed by atoms with Crippen molar-refractivity contribution in [3.63, 3.8) is 0 Å². The van der Waals surface area contributed by atoms with Gasteiger partial charge in [-0.15, -0.1) is 0 Å². The quantitative estimate of drug-likeness (QED) is 0.220. The third-order valence-corrected chi connectivity index (χ3v) is 8.59. The molecule has 0 spiro atoms. The molecule has 1 N–H and O–H groups in total. The van der Waals surface area contributed by atoms with Crippen molar-refractivity contribution in [3.8, 4) is 0 Å². The van der Waals surface area contributed by atoms with Crippen molar-refractivity contribution in [2.45, 2.75) is 85.6 Å². The van der Waals surface area contributed by atoms with Crippen LogP contribution in [-0.4, -0.2) is 19.0 Å². The number of hydrogen-bond acceptors (Lipinski definition) is 3. The van der Waals surface area contributed by atoms with Crippen LogP contribution in [0.5, 0.6) is 0 Å². The average molecular weight is 561 g/mol. The van der Waals surface area contributed by atoms with Gasteiger partial charge in [0.05, 0.1) is 5.54 Å². The zero-order valence-electron chi connectivity index (χ0n) is 26.7. The molecule has 0 heterocycles. The first kappa shape index (κ1) is 31.4. The monoisotopic (exact) mass is 560 g/mol. The second-order valence-electron chi connectivity index (χ2n) is 12.2. The van der Waals surface area contributed by atoms with E-state index >= 15 is 0 Å². The lowest BCUT2D eigenvalue weighted by Gasteiger charge is -2.37. The van der Waals surface area contributed by atoms with Crippen molar-refractivity contribution in [1.29, 1.82) is 0 Å². The molecule has 6 bridgehead atoms. The maximum Gasteiger partial charge on any atom is 0.156 e. The van der Waals surface area contributed by atoms with Crippen LogP contribution in [-0.2, 0) is 23.2 Å². The second-order valence-corrected chi connectivity index (χ2v) is 12.2. The molecule has 0 saturated carbocycles. The van der Waals surface area contributed by atoms with E-state index in [0.29, 0.717) is 12.3 Å². The van der Waals surface area contributed by atoms with E-state index in [1.54, 1.807) is 0 Å². The molecule has 4 rings (SSSR count). The lowest BCUT2D eigenvalue weighted by molar-refractivity contribution is -0.114. The maximum absolute atomic E-state index is 13.2. The third kappa shape index (κ3) is 6.90. The number of fused-ring (bicyclic) bond motifs is 6. The molecular formula is C39H48N2O. The highest BCUT2D eigenvalue weighted by Gasteiger charge is 2.36. The molecule has 1 aliphatic rings. The number of carbonyl (C=O) groups excluding carboxylic acids is 1. The van der Waals surface area contributed by atoms with Crippen LogP contribution >= 0.6 is 0 Å². The Kier molecular flexibility index (Phi) is 10.5. The lowest BCUT2D eigenvalue weighted by atomic mass is 9.75. The molecule has 0 saturated heterocycles. The van der Waals surface area contributed by atoms with Crippen LogP contribution in [0.15, 0.2) is 83.5 Å². The molecule has 0 fully saturated rings. The number of benzene rings is 3. The predicted octanol–water partition coefficient (Wildman–Crippen LogP) is 9.08. The van der Waals surface area contributed by atoms with Gasteiger partial charge in [-0.25, -0.2) is 0 Å². The van der Waals surface area contributed by atoms with Crippen LogP contribution in [0.2, 0.25) is 0 Å². The van der Waals surface area contributed by atoms with Gasteiger partial charge in [0.1, 0.15) is 0 Å². The standard InChI is InChI=1S/C39H48N2O/c1-8-9-16-36(42)24-38-33-15-11-13-31(21-33)12-10-14-32-22-34(19-17-28(32)4)39(40-7,30(6)26-41-25-27(2)3)35-20-18-29(5)37(38)23-35/h11,13,15,17-27,40H,8-10,12,14,16H2,1-7H3/b30-26+,38-24-,41-25?. The molecule has 0 aliphatic heterocycles. The minimum Gasteiger partial charge on any atom is -0.303 e. The molecule has 42 heavy (non-hydrogen) atoms. The van der Waals surface area contributed by atoms with Gasteiger partial charge in [-0.05, 0) is 127 Å². The predicted molar refractivity (Wildman–Crippen MR) is 179 cm³/mol. The summed E-state index contributed by atoms with van der Waals surface area (Å²) in [6.45, 7) is 13.0. The van der Waals surface area contributed by atoms with Gasteiger partial charge in [-0.3, -0.25) is 9.79 Å². The highest BCUT2D eigenvalue weighted by molar-refractivity contribution is 6.01. The van der Waals surface area contributed by atoms with Gasteiger partial charge in [0.15, 0.2) is 5.78 Å². The molecular weight excluding hydrogens is 512 g/mol. The first-order valence-electron chi connectivity index (χ1n) is 15.6. The molecule has 0 aromatic heterocycles. The summed E-state index contributed by atoms with van der Waals surface area (Å²) in [6, 6.07) is 22.5. The fraction of sp³-hybridized carbons (Fsp3) is 0.385. The topological polar surface area (TPSA) is 41.5 Å². The Balaban J connectivity index is 2.05. The average Bonchev–Trinajstić information content (AvgIpc) is 2.97. The Morgan fingerprint density at radius 2 is 1.74 bits per heavy atom. The normalized spacial score (nSPS) is 18.5. The SMILES string of the molecule is CCCCC(=O)/C=C1/c2cccc(c2)CCCc2cc(ccc2C)C(NC)(/C(C)=C/N=CC(C)C)c2ccc(C)c1c2. The van der Waals surface area contributed by atoms with Crippen molar-refractivity contribution in [2.75, 3.05) is 7.05 Å². The van der Waals surface area contributed by atoms with Crippen molar-refractivity contribution in [1.82, 2.24) is 5.32 Å². The molecule has 0 radical (unpaired) electrons. The number of rotatable bonds is 8. The Labute approximate surface area is 253 Å². The number of likely N-dealkylation sites (N-methyl/N-ethyl adjacent to an activating group) is 1. The summed E-state index contributed by atoms with van der Waals surface area (Å²) in [6.07, 6.45) is 11.4. The molecule has 3 heteroatoms. The number of unbranched alkanes of at least 4 members (excludes halogenated alkanes) is 1. The fourth-order valence-corrected chi connectivity index (χ4v) is 6.13. The van der Waals surface area contributed by atoms with Crippen LogP contribution in [0.3, 0.4) is 0 Å². The highest BCUT2D eigenvalue weighted by Crippen LogP contribution is 2.40. The highest BCUT2D eigenvalue weighted by atomic mass is 16.1. The minimum absolute atomic E-state index is 0.185. The smallest absolute Gasteiger partial charge is 0.156 e. The van der Waals surface area contributed by atoms with Crippen molar-refractivity contribution in [3.05, 3.63) is 123 Å². The number of carbonyl (C=O) groups is 1. The van der Waals surface area contributed by atoms with E-state index in [9.17, 15) is 4.79 Å². The van der Waals surface area contributed by atoms with Crippen LogP contribution < -0.4 is 5.32 Å². The zero-order valence-corrected chi connectivity index (χ0v) is 26.7. The van der Waals surface area contributed by atoms with E-state index in [4.69, 9.17) is 4.99 Å². The summed E-state index contributed by atoms with van der Waals surface area (Å²) >= 11 is 0. The van der Waals surface area contributed by atoms with Gasteiger partial charge in [-0.1, -0.05) is 81.8 Å². The molecule has 0 amide bonds. The number of nitrogens with zero attached hydrogens (tertiary/aromatic N) is 1. The van der Waals surface area contributed by atoms with Gasteiger partial charge in [0.25, 0.3) is 0 Å². The number of hydrogen-bond donors (Lipinski definition) is 1. The van der Waals surface area contributed by atoms with Crippen LogP contribution in [0.25, 0.3) is 5.57 Å².